The van der Waals surface area contributed by atoms with E-state index in [1.54, 1.807) is 0 Å². The number of carbonyl (C=O) groups excluding carboxylic acids is 1. The van der Waals surface area contributed by atoms with Crippen molar-refractivity contribution in [1.29, 1.82) is 0 Å². The van der Waals surface area contributed by atoms with E-state index in [0.29, 0.717) is 13.2 Å². The van der Waals surface area contributed by atoms with Crippen molar-refractivity contribution < 1.29 is 14.3 Å². The maximum Gasteiger partial charge on any atom is 0.315 e. The lowest BCUT2D eigenvalue weighted by molar-refractivity contribution is 0.0387. The summed E-state index contributed by atoms with van der Waals surface area (Å²) in [6, 6.07) is 7.87. The predicted molar refractivity (Wildman–Crippen MR) is 83.2 cm³/mol. The van der Waals surface area contributed by atoms with Crippen molar-refractivity contribution in [2.75, 3.05) is 46.0 Å². The Morgan fingerprint density at radius 2 is 2.09 bits per heavy atom. The number of urea groups is 1. The van der Waals surface area contributed by atoms with E-state index in [2.05, 4.69) is 15.5 Å². The lowest BCUT2D eigenvalue weighted by Gasteiger charge is -2.27. The minimum atomic E-state index is -0.124. The number of hydrogen-bond acceptors (Lipinski definition) is 4. The average molecular weight is 305 g/mol. The van der Waals surface area contributed by atoms with Crippen LogP contribution >= 0.6 is 0 Å². The number of hydrogen-bond donors (Lipinski definition) is 2. The molecule has 6 heteroatoms. The summed E-state index contributed by atoms with van der Waals surface area (Å²) in [5.41, 5.74) is 1.15. The van der Waals surface area contributed by atoms with Gasteiger partial charge in [-0.3, -0.25) is 4.90 Å². The molecule has 0 radical (unpaired) electrons. The number of nitrogens with zero attached hydrogens (tertiary/aromatic N) is 1. The Kier molecular flexibility index (Phi) is 5.13. The molecule has 2 aliphatic heterocycles. The van der Waals surface area contributed by atoms with Crippen LogP contribution in [0.25, 0.3) is 0 Å². The van der Waals surface area contributed by atoms with E-state index in [-0.39, 0.29) is 12.1 Å². The van der Waals surface area contributed by atoms with Crippen LogP contribution < -0.4 is 15.4 Å². The lowest BCUT2D eigenvalue weighted by Crippen LogP contribution is -2.49. The van der Waals surface area contributed by atoms with Gasteiger partial charge in [0.1, 0.15) is 12.4 Å². The first-order chi connectivity index (χ1) is 10.8. The fourth-order valence-corrected chi connectivity index (χ4v) is 2.81. The molecule has 2 N–H and O–H groups in total. The summed E-state index contributed by atoms with van der Waals surface area (Å²) < 4.78 is 11.0. The van der Waals surface area contributed by atoms with Gasteiger partial charge in [-0.1, -0.05) is 18.2 Å². The maximum absolute atomic E-state index is 11.9. The summed E-state index contributed by atoms with van der Waals surface area (Å²) in [7, 11) is 0. The smallest absolute Gasteiger partial charge is 0.315 e. The number of fused-ring (bicyclic) bond motifs is 1. The van der Waals surface area contributed by atoms with Crippen molar-refractivity contribution >= 4 is 6.03 Å². The minimum Gasteiger partial charge on any atom is -0.491 e. The Bertz CT molecular complexity index is 503. The zero-order valence-electron chi connectivity index (χ0n) is 12.7. The van der Waals surface area contributed by atoms with Crippen LogP contribution in [0.15, 0.2) is 24.3 Å². The zero-order chi connectivity index (χ0) is 15.2. The molecular formula is C16H23N3O3. The van der Waals surface area contributed by atoms with Crippen molar-refractivity contribution in [3.8, 4) is 5.75 Å². The van der Waals surface area contributed by atoms with Crippen molar-refractivity contribution in [2.24, 2.45) is 0 Å². The Morgan fingerprint density at radius 1 is 1.27 bits per heavy atom. The molecule has 1 saturated heterocycles. The molecule has 0 unspecified atom stereocenters. The van der Waals surface area contributed by atoms with Crippen molar-refractivity contribution in [2.45, 2.75) is 12.5 Å². The van der Waals surface area contributed by atoms with Gasteiger partial charge in [0.2, 0.25) is 0 Å². The molecule has 2 heterocycles. The van der Waals surface area contributed by atoms with E-state index >= 15 is 0 Å². The first-order valence-corrected chi connectivity index (χ1v) is 7.86. The van der Waals surface area contributed by atoms with Gasteiger partial charge >= 0.3 is 6.03 Å². The second kappa shape index (κ2) is 7.47. The highest BCUT2D eigenvalue weighted by Gasteiger charge is 2.20. The number of nitrogens with one attached hydrogen (secondary N) is 2. The van der Waals surface area contributed by atoms with Gasteiger partial charge in [-0.05, 0) is 18.1 Å². The SMILES string of the molecule is O=C(NCCN1CCOCC1)N[C@H]1COc2ccccc2C1. The van der Waals surface area contributed by atoms with Crippen LogP contribution in [0.2, 0.25) is 0 Å². The molecule has 1 fully saturated rings. The quantitative estimate of drug-likeness (QED) is 0.856. The van der Waals surface area contributed by atoms with Crippen LogP contribution in [0.4, 0.5) is 4.79 Å². The number of para-hydroxylation sites is 1. The molecule has 0 saturated carbocycles. The van der Waals surface area contributed by atoms with E-state index in [9.17, 15) is 4.79 Å². The fraction of sp³-hybridized carbons (Fsp3) is 0.562. The van der Waals surface area contributed by atoms with Crippen LogP contribution in [0.3, 0.4) is 0 Å². The molecule has 1 aromatic carbocycles. The molecular weight excluding hydrogens is 282 g/mol. The Balaban J connectivity index is 1.37. The van der Waals surface area contributed by atoms with Crippen molar-refractivity contribution in [3.05, 3.63) is 29.8 Å². The summed E-state index contributed by atoms with van der Waals surface area (Å²) in [6.45, 7) is 5.48. The van der Waals surface area contributed by atoms with Crippen molar-refractivity contribution in [3.63, 3.8) is 0 Å². The largest absolute Gasteiger partial charge is 0.491 e. The highest BCUT2D eigenvalue weighted by molar-refractivity contribution is 5.74. The molecule has 2 aliphatic rings. The van der Waals surface area contributed by atoms with Crippen LogP contribution in [0, 0.1) is 0 Å². The number of morpholine rings is 1. The summed E-state index contributed by atoms with van der Waals surface area (Å²) >= 11 is 0. The van der Waals surface area contributed by atoms with Gasteiger partial charge in [0.15, 0.2) is 0 Å². The van der Waals surface area contributed by atoms with Crippen LogP contribution in [0.1, 0.15) is 5.56 Å². The van der Waals surface area contributed by atoms with Crippen molar-refractivity contribution in [1.82, 2.24) is 15.5 Å². The molecule has 0 bridgehead atoms. The first kappa shape index (κ1) is 15.1. The summed E-state index contributed by atoms with van der Waals surface area (Å²) in [4.78, 5) is 14.2. The number of ether oxygens (including phenoxy) is 2. The molecule has 22 heavy (non-hydrogen) atoms. The van der Waals surface area contributed by atoms with Crippen LogP contribution in [0.5, 0.6) is 5.75 Å². The van der Waals surface area contributed by atoms with E-state index < -0.39 is 0 Å². The third-order valence-electron chi connectivity index (χ3n) is 4.03. The minimum absolute atomic E-state index is 0.0262. The summed E-state index contributed by atoms with van der Waals surface area (Å²) in [5.74, 6) is 0.924. The van der Waals surface area contributed by atoms with Gasteiger partial charge in [-0.15, -0.1) is 0 Å². The van der Waals surface area contributed by atoms with Gasteiger partial charge in [-0.25, -0.2) is 4.79 Å². The van der Waals surface area contributed by atoms with Gasteiger partial charge in [0, 0.05) is 26.2 Å². The molecule has 1 aromatic rings. The second-order valence-electron chi connectivity index (χ2n) is 5.67. The molecule has 120 valence electrons. The van der Waals surface area contributed by atoms with Gasteiger partial charge in [0.25, 0.3) is 0 Å². The molecule has 1 atom stereocenters. The number of rotatable bonds is 4. The molecule has 2 amide bonds. The standard InChI is InChI=1S/C16H23N3O3/c20-16(17-5-6-19-7-9-21-10-8-19)18-14-11-13-3-1-2-4-15(13)22-12-14/h1-4,14H,5-12H2,(H2,17,18,20)/t14-/m1/s1. The molecule has 0 aromatic heterocycles. The zero-order valence-corrected chi connectivity index (χ0v) is 12.7. The Morgan fingerprint density at radius 3 is 2.95 bits per heavy atom. The predicted octanol–water partition coefficient (Wildman–Crippen LogP) is 0.622. The van der Waals surface area contributed by atoms with E-state index in [1.165, 1.54) is 0 Å². The third-order valence-corrected chi connectivity index (χ3v) is 4.03. The molecule has 0 spiro atoms. The normalized spacial score (nSPS) is 21.5. The molecule has 0 aliphatic carbocycles. The maximum atomic E-state index is 11.9. The molecule has 3 rings (SSSR count). The fourth-order valence-electron chi connectivity index (χ4n) is 2.81. The Labute approximate surface area is 130 Å². The van der Waals surface area contributed by atoms with Gasteiger partial charge in [-0.2, -0.15) is 0 Å². The second-order valence-corrected chi connectivity index (χ2v) is 5.67. The van der Waals surface area contributed by atoms with E-state index in [4.69, 9.17) is 9.47 Å². The van der Waals surface area contributed by atoms with E-state index in [1.807, 2.05) is 24.3 Å². The lowest BCUT2D eigenvalue weighted by atomic mass is 10.0. The van der Waals surface area contributed by atoms with Crippen LogP contribution in [-0.4, -0.2) is 63.0 Å². The number of amides is 2. The van der Waals surface area contributed by atoms with Gasteiger partial charge < -0.3 is 20.1 Å². The Hall–Kier alpha value is -1.79. The number of benzene rings is 1. The monoisotopic (exact) mass is 305 g/mol. The highest BCUT2D eigenvalue weighted by atomic mass is 16.5. The molecule has 6 nitrogen and oxygen atoms in total. The average Bonchev–Trinajstić information content (AvgIpc) is 2.56. The summed E-state index contributed by atoms with van der Waals surface area (Å²) in [6.07, 6.45) is 0.813. The topological polar surface area (TPSA) is 62.8 Å². The third kappa shape index (κ3) is 4.11. The first-order valence-electron chi connectivity index (χ1n) is 7.86. The number of carbonyl (C=O) groups is 1. The van der Waals surface area contributed by atoms with Crippen LogP contribution in [-0.2, 0) is 11.2 Å². The van der Waals surface area contributed by atoms with E-state index in [0.717, 1.165) is 50.6 Å². The summed E-state index contributed by atoms with van der Waals surface area (Å²) in [5, 5.41) is 5.89. The van der Waals surface area contributed by atoms with Gasteiger partial charge in [0.05, 0.1) is 19.3 Å². The highest BCUT2D eigenvalue weighted by Crippen LogP contribution is 2.23.